The van der Waals surface area contributed by atoms with Crippen LogP contribution in [0.2, 0.25) is 0 Å². The molecule has 0 aromatic carbocycles. The van der Waals surface area contributed by atoms with Gasteiger partial charge in [0.05, 0.1) is 0 Å². The van der Waals surface area contributed by atoms with Gasteiger partial charge in [-0.05, 0) is 49.5 Å². The Labute approximate surface area is 122 Å². The summed E-state index contributed by atoms with van der Waals surface area (Å²) in [6.45, 7) is 7.08. The zero-order valence-corrected chi connectivity index (χ0v) is 13.1. The molecule has 2 N–H and O–H groups in total. The standard InChI is InChI=1S/C9H15N.C8H13NO/c1-7(2)8-5-3-4-6-9(8)10;1-6(10)9-5-7-2-3-8(9)4-7/h5-7H,3-4,10H2,1-2H3;7-8H,2-5H2,1H3. The number of carbonyl (C=O) groups is 1. The zero-order chi connectivity index (χ0) is 14.7. The van der Waals surface area contributed by atoms with Gasteiger partial charge in [0, 0.05) is 25.2 Å². The van der Waals surface area contributed by atoms with Crippen molar-refractivity contribution in [2.45, 2.75) is 58.9 Å². The van der Waals surface area contributed by atoms with Gasteiger partial charge in [-0.2, -0.15) is 0 Å². The number of allylic oxidation sites excluding steroid dienone is 3. The van der Waals surface area contributed by atoms with Crippen LogP contribution < -0.4 is 5.73 Å². The number of nitrogens with two attached hydrogens (primary N) is 1. The van der Waals surface area contributed by atoms with Crippen LogP contribution in [0.1, 0.15) is 52.9 Å². The molecule has 3 rings (SSSR count). The predicted molar refractivity (Wildman–Crippen MR) is 82.9 cm³/mol. The molecule has 2 unspecified atom stereocenters. The molecule has 0 aromatic heterocycles. The van der Waals surface area contributed by atoms with Crippen LogP contribution in [-0.2, 0) is 4.79 Å². The van der Waals surface area contributed by atoms with Crippen LogP contribution >= 0.6 is 0 Å². The predicted octanol–water partition coefficient (Wildman–Crippen LogP) is 3.22. The molecule has 3 nitrogen and oxygen atoms in total. The lowest BCUT2D eigenvalue weighted by atomic mass is 9.94. The Kier molecular flexibility index (Phi) is 4.90. The minimum atomic E-state index is 0.271. The molecule has 2 aliphatic carbocycles. The van der Waals surface area contributed by atoms with Gasteiger partial charge in [-0.25, -0.2) is 0 Å². The van der Waals surface area contributed by atoms with Crippen molar-refractivity contribution in [3.63, 3.8) is 0 Å². The molecule has 2 bridgehead atoms. The summed E-state index contributed by atoms with van der Waals surface area (Å²) in [5, 5.41) is 0. The Balaban J connectivity index is 0.000000147. The second-order valence-electron chi connectivity index (χ2n) is 6.56. The average Bonchev–Trinajstić information content (AvgIpc) is 3.02. The molecule has 1 saturated carbocycles. The summed E-state index contributed by atoms with van der Waals surface area (Å²) >= 11 is 0. The Morgan fingerprint density at radius 3 is 2.35 bits per heavy atom. The van der Waals surface area contributed by atoms with E-state index in [1.807, 2.05) is 4.90 Å². The Morgan fingerprint density at radius 2 is 2.00 bits per heavy atom. The minimum absolute atomic E-state index is 0.271. The third kappa shape index (κ3) is 3.44. The van der Waals surface area contributed by atoms with Crippen LogP contribution in [0.4, 0.5) is 0 Å². The summed E-state index contributed by atoms with van der Waals surface area (Å²) in [5.41, 5.74) is 8.09. The number of carbonyl (C=O) groups excluding carboxylic acids is 1. The first-order valence-electron chi connectivity index (χ1n) is 7.92. The molecule has 20 heavy (non-hydrogen) atoms. The van der Waals surface area contributed by atoms with E-state index in [4.69, 9.17) is 5.73 Å². The lowest BCUT2D eigenvalue weighted by Crippen LogP contribution is -2.35. The summed E-state index contributed by atoms with van der Waals surface area (Å²) in [7, 11) is 0. The van der Waals surface area contributed by atoms with Crippen molar-refractivity contribution >= 4 is 5.91 Å². The third-order valence-electron chi connectivity index (χ3n) is 4.66. The second-order valence-corrected chi connectivity index (χ2v) is 6.56. The monoisotopic (exact) mass is 276 g/mol. The molecular formula is C17H28N2O. The smallest absolute Gasteiger partial charge is 0.219 e. The fourth-order valence-corrected chi connectivity index (χ4v) is 3.59. The maximum absolute atomic E-state index is 11.0. The lowest BCUT2D eigenvalue weighted by molar-refractivity contribution is -0.130. The van der Waals surface area contributed by atoms with Crippen molar-refractivity contribution in [1.29, 1.82) is 0 Å². The van der Waals surface area contributed by atoms with Gasteiger partial charge in [-0.15, -0.1) is 0 Å². The molecule has 3 heteroatoms. The van der Waals surface area contributed by atoms with Crippen LogP contribution in [0.5, 0.6) is 0 Å². The Bertz CT molecular complexity index is 423. The van der Waals surface area contributed by atoms with Crippen molar-refractivity contribution in [3.8, 4) is 0 Å². The first kappa shape index (κ1) is 15.1. The highest BCUT2D eigenvalue weighted by Gasteiger charge is 2.38. The van der Waals surface area contributed by atoms with E-state index in [9.17, 15) is 4.79 Å². The highest BCUT2D eigenvalue weighted by atomic mass is 16.2. The zero-order valence-electron chi connectivity index (χ0n) is 13.1. The maximum atomic E-state index is 11.0. The van der Waals surface area contributed by atoms with E-state index in [1.54, 1.807) is 6.92 Å². The molecule has 112 valence electrons. The molecule has 2 fully saturated rings. The molecule has 1 heterocycles. The average molecular weight is 276 g/mol. The van der Waals surface area contributed by atoms with Gasteiger partial charge >= 0.3 is 0 Å². The summed E-state index contributed by atoms with van der Waals surface area (Å²) < 4.78 is 0. The molecule has 0 aromatic rings. The van der Waals surface area contributed by atoms with E-state index >= 15 is 0 Å². The van der Waals surface area contributed by atoms with Crippen LogP contribution in [0, 0.1) is 11.8 Å². The highest BCUT2D eigenvalue weighted by molar-refractivity contribution is 5.74. The normalized spacial score (nSPS) is 27.9. The molecule has 1 aliphatic heterocycles. The number of likely N-dealkylation sites (tertiary alicyclic amines) is 1. The number of hydrogen-bond acceptors (Lipinski definition) is 2. The molecular weight excluding hydrogens is 248 g/mol. The van der Waals surface area contributed by atoms with Crippen LogP contribution in [0.15, 0.2) is 23.4 Å². The summed E-state index contributed by atoms with van der Waals surface area (Å²) in [5.74, 6) is 1.69. The van der Waals surface area contributed by atoms with Gasteiger partial charge in [0.15, 0.2) is 0 Å². The van der Waals surface area contributed by atoms with Gasteiger partial charge in [-0.3, -0.25) is 4.79 Å². The molecule has 1 amide bonds. The third-order valence-corrected chi connectivity index (χ3v) is 4.66. The SMILES string of the molecule is CC(=O)N1CC2CCC1C2.CC(C)C1=CCCC=C1N. The summed E-state index contributed by atoms with van der Waals surface area (Å²) in [6, 6.07) is 0.613. The molecule has 0 radical (unpaired) electrons. The van der Waals surface area contributed by atoms with Crippen molar-refractivity contribution in [3.05, 3.63) is 23.4 Å². The van der Waals surface area contributed by atoms with Gasteiger partial charge in [-0.1, -0.05) is 26.0 Å². The van der Waals surface area contributed by atoms with Gasteiger partial charge in [0.25, 0.3) is 0 Å². The highest BCUT2D eigenvalue weighted by Crippen LogP contribution is 2.37. The number of nitrogens with zero attached hydrogens (tertiary/aromatic N) is 1. The van der Waals surface area contributed by atoms with E-state index in [0.717, 1.165) is 31.0 Å². The van der Waals surface area contributed by atoms with Gasteiger partial charge in [0.1, 0.15) is 0 Å². The lowest BCUT2D eigenvalue weighted by Gasteiger charge is -2.25. The fraction of sp³-hybridized carbons (Fsp3) is 0.706. The van der Waals surface area contributed by atoms with Crippen LogP contribution in [-0.4, -0.2) is 23.4 Å². The fourth-order valence-electron chi connectivity index (χ4n) is 3.59. The van der Waals surface area contributed by atoms with Crippen molar-refractivity contribution in [2.24, 2.45) is 17.6 Å². The van der Waals surface area contributed by atoms with Gasteiger partial charge in [0.2, 0.25) is 5.91 Å². The van der Waals surface area contributed by atoms with E-state index in [-0.39, 0.29) is 5.91 Å². The van der Waals surface area contributed by atoms with Crippen molar-refractivity contribution < 1.29 is 4.79 Å². The van der Waals surface area contributed by atoms with E-state index in [1.165, 1.54) is 24.8 Å². The number of rotatable bonds is 1. The first-order chi connectivity index (χ1) is 9.49. The Hall–Kier alpha value is -1.25. The number of hydrogen-bond donors (Lipinski definition) is 1. The molecule has 1 saturated heterocycles. The first-order valence-corrected chi connectivity index (χ1v) is 7.92. The summed E-state index contributed by atoms with van der Waals surface area (Å²) in [4.78, 5) is 13.0. The number of piperidine rings is 1. The van der Waals surface area contributed by atoms with Gasteiger partial charge < -0.3 is 10.6 Å². The van der Waals surface area contributed by atoms with Crippen LogP contribution in [0.25, 0.3) is 0 Å². The minimum Gasteiger partial charge on any atom is -0.399 e. The quantitative estimate of drug-likeness (QED) is 0.799. The molecule has 2 atom stereocenters. The number of fused-ring (bicyclic) bond motifs is 2. The second kappa shape index (κ2) is 6.47. The van der Waals surface area contributed by atoms with E-state index < -0.39 is 0 Å². The largest absolute Gasteiger partial charge is 0.399 e. The molecule has 3 aliphatic rings. The maximum Gasteiger partial charge on any atom is 0.219 e. The topological polar surface area (TPSA) is 46.3 Å². The van der Waals surface area contributed by atoms with Crippen molar-refractivity contribution in [1.82, 2.24) is 4.90 Å². The van der Waals surface area contributed by atoms with Crippen LogP contribution in [0.3, 0.4) is 0 Å². The Morgan fingerprint density at radius 1 is 1.30 bits per heavy atom. The molecule has 0 spiro atoms. The number of amides is 1. The van der Waals surface area contributed by atoms with E-state index in [2.05, 4.69) is 26.0 Å². The van der Waals surface area contributed by atoms with E-state index in [0.29, 0.717) is 12.0 Å². The summed E-state index contributed by atoms with van der Waals surface area (Å²) in [6.07, 6.45) is 10.5. The van der Waals surface area contributed by atoms with Crippen molar-refractivity contribution in [2.75, 3.05) is 6.54 Å².